The highest BCUT2D eigenvalue weighted by Crippen LogP contribution is 2.42. The number of aromatic hydroxyl groups is 2. The first-order valence-corrected chi connectivity index (χ1v) is 7.56. The summed E-state index contributed by atoms with van der Waals surface area (Å²) in [5.41, 5.74) is -0.959. The Hall–Kier alpha value is -2.17. The van der Waals surface area contributed by atoms with Gasteiger partial charge in [-0.15, -0.1) is 0 Å². The average Bonchev–Trinajstić information content (AvgIpc) is 2.53. The van der Waals surface area contributed by atoms with E-state index in [2.05, 4.69) is 0 Å². The van der Waals surface area contributed by atoms with Crippen LogP contribution in [0.5, 0.6) is 11.5 Å². The smallest absolute Gasteiger partial charge is 0.196 e. The summed E-state index contributed by atoms with van der Waals surface area (Å²) in [6.45, 7) is 0.834. The molecule has 1 aliphatic heterocycles. The zero-order valence-electron chi connectivity index (χ0n) is 13.2. The van der Waals surface area contributed by atoms with Crippen molar-refractivity contribution in [2.45, 2.75) is 37.4 Å². The van der Waals surface area contributed by atoms with Crippen molar-refractivity contribution in [3.05, 3.63) is 33.7 Å². The number of fused-ring (bicyclic) bond motifs is 1. The molecule has 9 heteroatoms. The van der Waals surface area contributed by atoms with Gasteiger partial charge < -0.3 is 39.8 Å². The maximum atomic E-state index is 12.2. The fourth-order valence-electron chi connectivity index (χ4n) is 3.05. The third-order valence-corrected chi connectivity index (χ3v) is 4.30. The first-order chi connectivity index (χ1) is 11.8. The molecule has 0 saturated carbocycles. The van der Waals surface area contributed by atoms with E-state index in [0.717, 1.165) is 12.1 Å². The number of aliphatic hydroxyl groups excluding tert-OH is 4. The lowest BCUT2D eigenvalue weighted by atomic mass is 9.90. The molecule has 1 aliphatic rings. The molecule has 1 aromatic carbocycles. The fraction of sp³-hybridized carbons (Fsp3) is 0.438. The van der Waals surface area contributed by atoms with Crippen molar-refractivity contribution >= 4 is 11.0 Å². The predicted molar refractivity (Wildman–Crippen MR) is 83.3 cm³/mol. The van der Waals surface area contributed by atoms with Gasteiger partial charge in [0.1, 0.15) is 53.2 Å². The van der Waals surface area contributed by atoms with Crippen LogP contribution in [0.1, 0.15) is 17.4 Å². The number of phenols is 2. The minimum Gasteiger partial charge on any atom is -0.507 e. The van der Waals surface area contributed by atoms with E-state index in [0.29, 0.717) is 0 Å². The molecule has 0 aliphatic carbocycles. The van der Waals surface area contributed by atoms with E-state index in [4.69, 9.17) is 9.15 Å². The van der Waals surface area contributed by atoms with Crippen LogP contribution < -0.4 is 5.43 Å². The molecule has 0 unspecified atom stereocenters. The van der Waals surface area contributed by atoms with Gasteiger partial charge in [0, 0.05) is 12.1 Å². The van der Waals surface area contributed by atoms with Crippen LogP contribution in [-0.2, 0) is 4.74 Å². The van der Waals surface area contributed by atoms with Crippen LogP contribution in [0.25, 0.3) is 11.0 Å². The maximum Gasteiger partial charge on any atom is 0.196 e. The minimum atomic E-state index is -1.68. The summed E-state index contributed by atoms with van der Waals surface area (Å²) in [7, 11) is 0. The summed E-state index contributed by atoms with van der Waals surface area (Å²) >= 11 is 0. The molecule has 6 N–H and O–H groups in total. The van der Waals surface area contributed by atoms with Crippen LogP contribution in [0.15, 0.2) is 21.3 Å². The third-order valence-electron chi connectivity index (χ3n) is 4.30. The summed E-state index contributed by atoms with van der Waals surface area (Å²) in [5.74, 6) is -0.869. The number of benzene rings is 1. The van der Waals surface area contributed by atoms with E-state index in [1.807, 2.05) is 0 Å². The Balaban J connectivity index is 2.26. The molecule has 2 aromatic rings. The zero-order chi connectivity index (χ0) is 18.5. The summed E-state index contributed by atoms with van der Waals surface area (Å²) in [6.07, 6.45) is -7.54. The molecule has 1 saturated heterocycles. The van der Waals surface area contributed by atoms with Crippen molar-refractivity contribution in [1.29, 1.82) is 0 Å². The van der Waals surface area contributed by atoms with Crippen molar-refractivity contribution in [3.8, 4) is 11.5 Å². The number of ether oxygens (including phenoxy) is 1. The Bertz CT molecular complexity index is 857. The first kappa shape index (κ1) is 17.6. The molecule has 0 bridgehead atoms. The summed E-state index contributed by atoms with van der Waals surface area (Å²) in [6, 6.07) is 2.04. The van der Waals surface area contributed by atoms with Gasteiger partial charge >= 0.3 is 0 Å². The number of aliphatic hydroxyl groups is 4. The number of hydrogen-bond donors (Lipinski definition) is 6. The van der Waals surface area contributed by atoms with E-state index < -0.39 is 54.1 Å². The van der Waals surface area contributed by atoms with Crippen molar-refractivity contribution in [2.24, 2.45) is 0 Å². The standard InChI is InChI=1S/C16H18O9/c1-5-2-6(18)10-7(19)3-8(20)11(15(10)24-5)16-14(23)13(22)12(21)9(4-17)25-16/h2-3,9,12-14,16-17,19-23H,4H2,1H3/t9-,12-,13+,14-,16-/m1/s1. The molecule has 1 fully saturated rings. The second kappa shape index (κ2) is 6.28. The van der Waals surface area contributed by atoms with E-state index in [-0.39, 0.29) is 22.3 Å². The number of hydrogen-bond acceptors (Lipinski definition) is 9. The van der Waals surface area contributed by atoms with Crippen LogP contribution in [-0.4, -0.2) is 61.7 Å². The monoisotopic (exact) mass is 354 g/mol. The van der Waals surface area contributed by atoms with Gasteiger partial charge in [0.05, 0.1) is 12.2 Å². The molecule has 0 spiro atoms. The lowest BCUT2D eigenvalue weighted by Crippen LogP contribution is -2.55. The summed E-state index contributed by atoms with van der Waals surface area (Å²) in [4.78, 5) is 12.2. The Morgan fingerprint density at radius 3 is 2.36 bits per heavy atom. The summed E-state index contributed by atoms with van der Waals surface area (Å²) < 4.78 is 10.9. The van der Waals surface area contributed by atoms with Gasteiger partial charge in [-0.1, -0.05) is 0 Å². The van der Waals surface area contributed by atoms with Gasteiger partial charge in [-0.3, -0.25) is 4.79 Å². The van der Waals surface area contributed by atoms with E-state index >= 15 is 0 Å². The highest BCUT2D eigenvalue weighted by molar-refractivity contribution is 5.88. The molecular weight excluding hydrogens is 336 g/mol. The Labute approximate surface area is 141 Å². The normalized spacial score (nSPS) is 29.9. The van der Waals surface area contributed by atoms with Crippen LogP contribution in [0.4, 0.5) is 0 Å². The van der Waals surface area contributed by atoms with Gasteiger partial charge in [-0.2, -0.15) is 0 Å². The quantitative estimate of drug-likeness (QED) is 0.398. The van der Waals surface area contributed by atoms with E-state index in [1.54, 1.807) is 0 Å². The van der Waals surface area contributed by atoms with Crippen LogP contribution in [0.3, 0.4) is 0 Å². The third kappa shape index (κ3) is 2.75. The lowest BCUT2D eigenvalue weighted by Gasteiger charge is -2.40. The molecule has 2 heterocycles. The van der Waals surface area contributed by atoms with Crippen LogP contribution >= 0.6 is 0 Å². The molecule has 136 valence electrons. The van der Waals surface area contributed by atoms with Gasteiger partial charge in [0.15, 0.2) is 11.0 Å². The van der Waals surface area contributed by atoms with Gasteiger partial charge in [0.25, 0.3) is 0 Å². The van der Waals surface area contributed by atoms with Gasteiger partial charge in [-0.05, 0) is 6.92 Å². The molecule has 5 atom stereocenters. The predicted octanol–water partition coefficient (Wildman–Crippen LogP) is -0.972. The Morgan fingerprint density at radius 2 is 1.72 bits per heavy atom. The lowest BCUT2D eigenvalue weighted by molar-refractivity contribution is -0.231. The highest BCUT2D eigenvalue weighted by Gasteiger charge is 2.46. The molecule has 0 radical (unpaired) electrons. The van der Waals surface area contributed by atoms with Crippen LogP contribution in [0, 0.1) is 6.92 Å². The van der Waals surface area contributed by atoms with Crippen LogP contribution in [0.2, 0.25) is 0 Å². The molecule has 1 aromatic heterocycles. The second-order valence-electron chi connectivity index (χ2n) is 6.00. The molecule has 0 amide bonds. The average molecular weight is 354 g/mol. The molecular formula is C16H18O9. The first-order valence-electron chi connectivity index (χ1n) is 7.56. The van der Waals surface area contributed by atoms with E-state index in [9.17, 15) is 35.4 Å². The number of aryl methyl sites for hydroxylation is 1. The Morgan fingerprint density at radius 1 is 1.04 bits per heavy atom. The van der Waals surface area contributed by atoms with Crippen molar-refractivity contribution in [3.63, 3.8) is 0 Å². The number of rotatable bonds is 2. The second-order valence-corrected chi connectivity index (χ2v) is 6.00. The fourth-order valence-corrected chi connectivity index (χ4v) is 3.05. The van der Waals surface area contributed by atoms with Crippen molar-refractivity contribution in [1.82, 2.24) is 0 Å². The molecule has 25 heavy (non-hydrogen) atoms. The van der Waals surface area contributed by atoms with E-state index in [1.165, 1.54) is 6.92 Å². The minimum absolute atomic E-state index is 0.175. The molecule has 3 rings (SSSR count). The van der Waals surface area contributed by atoms with Gasteiger partial charge in [-0.25, -0.2) is 0 Å². The SMILES string of the molecule is Cc1cc(=O)c2c(O)cc(O)c([C@H]3O[C@H](CO)[C@@H](O)[C@H](O)[C@H]3O)c2o1. The van der Waals surface area contributed by atoms with Crippen molar-refractivity contribution < 1.29 is 39.8 Å². The van der Waals surface area contributed by atoms with Crippen molar-refractivity contribution in [2.75, 3.05) is 6.61 Å². The zero-order valence-corrected chi connectivity index (χ0v) is 13.2. The van der Waals surface area contributed by atoms with Gasteiger partial charge in [0.2, 0.25) is 0 Å². The maximum absolute atomic E-state index is 12.2. The summed E-state index contributed by atoms with van der Waals surface area (Å²) in [5, 5.41) is 59.3. The largest absolute Gasteiger partial charge is 0.507 e. The highest BCUT2D eigenvalue weighted by atomic mass is 16.5. The Kier molecular flexibility index (Phi) is 4.43. The topological polar surface area (TPSA) is 161 Å². The number of phenolic OH excluding ortho intramolecular Hbond substituents is 2. The molecule has 9 nitrogen and oxygen atoms in total.